The fourth-order valence-corrected chi connectivity index (χ4v) is 3.06. The van der Waals surface area contributed by atoms with Gasteiger partial charge in [0.2, 0.25) is 10.0 Å². The van der Waals surface area contributed by atoms with Crippen molar-refractivity contribution in [3.05, 3.63) is 58.3 Å². The summed E-state index contributed by atoms with van der Waals surface area (Å²) in [5, 5.41) is 9.01. The molecule has 6 nitrogen and oxygen atoms in total. The van der Waals surface area contributed by atoms with E-state index < -0.39 is 16.0 Å². The second-order valence-electron chi connectivity index (χ2n) is 4.13. The summed E-state index contributed by atoms with van der Waals surface area (Å²) >= 11 is 3.07. The van der Waals surface area contributed by atoms with E-state index >= 15 is 0 Å². The van der Waals surface area contributed by atoms with Crippen LogP contribution in [0.25, 0.3) is 0 Å². The van der Waals surface area contributed by atoms with Gasteiger partial charge in [-0.05, 0) is 45.8 Å². The highest BCUT2D eigenvalue weighted by Gasteiger charge is 2.18. The third kappa shape index (κ3) is 3.87. The molecule has 0 unspecified atom stereocenters. The maximum Gasteiger partial charge on any atom is 0.336 e. The molecule has 8 heteroatoms. The summed E-state index contributed by atoms with van der Waals surface area (Å²) in [7, 11) is -3.79. The van der Waals surface area contributed by atoms with Crippen LogP contribution in [0.4, 0.5) is 0 Å². The molecule has 0 fully saturated rings. The average molecular weight is 371 g/mol. The predicted molar refractivity (Wildman–Crippen MR) is 79.4 cm³/mol. The number of hydrogen-bond acceptors (Lipinski definition) is 4. The van der Waals surface area contributed by atoms with Crippen molar-refractivity contribution >= 4 is 31.9 Å². The summed E-state index contributed by atoms with van der Waals surface area (Å²) in [6.07, 6.45) is 3.14. The molecule has 0 aliphatic carbocycles. The molecule has 21 heavy (non-hydrogen) atoms. The molecule has 1 aromatic heterocycles. The molecule has 0 amide bonds. The van der Waals surface area contributed by atoms with Crippen LogP contribution in [0.5, 0.6) is 0 Å². The van der Waals surface area contributed by atoms with E-state index in [0.717, 1.165) is 6.07 Å². The van der Waals surface area contributed by atoms with Gasteiger partial charge in [0.05, 0.1) is 10.5 Å². The van der Waals surface area contributed by atoms with E-state index in [0.29, 0.717) is 10.0 Å². The van der Waals surface area contributed by atoms with Gasteiger partial charge in [-0.2, -0.15) is 0 Å². The zero-order valence-corrected chi connectivity index (χ0v) is 13.1. The van der Waals surface area contributed by atoms with Crippen molar-refractivity contribution in [1.82, 2.24) is 9.71 Å². The number of nitrogens with zero attached hydrogens (tertiary/aromatic N) is 1. The predicted octanol–water partition coefficient (Wildman–Crippen LogP) is 2.02. The molecule has 1 aromatic carbocycles. The summed E-state index contributed by atoms with van der Waals surface area (Å²) in [4.78, 5) is 14.8. The molecule has 2 N–H and O–H groups in total. The summed E-state index contributed by atoms with van der Waals surface area (Å²) in [5.41, 5.74) is 0.593. The third-order valence-corrected chi connectivity index (χ3v) is 4.76. The molecular weight excluding hydrogens is 360 g/mol. The van der Waals surface area contributed by atoms with Gasteiger partial charge in [0, 0.05) is 23.4 Å². The number of hydrogen-bond donors (Lipinski definition) is 2. The molecule has 2 rings (SSSR count). The van der Waals surface area contributed by atoms with Crippen molar-refractivity contribution in [2.24, 2.45) is 0 Å². The number of pyridine rings is 1. The van der Waals surface area contributed by atoms with Gasteiger partial charge >= 0.3 is 5.97 Å². The van der Waals surface area contributed by atoms with Gasteiger partial charge in [-0.25, -0.2) is 17.9 Å². The zero-order valence-electron chi connectivity index (χ0n) is 10.7. The summed E-state index contributed by atoms with van der Waals surface area (Å²) in [6, 6.07) is 7.27. The molecule has 0 bridgehead atoms. The average Bonchev–Trinajstić information content (AvgIpc) is 2.46. The first-order valence-corrected chi connectivity index (χ1v) is 8.09. The molecule has 0 radical (unpaired) electrons. The number of carbonyl (C=O) groups is 1. The van der Waals surface area contributed by atoms with E-state index in [1.165, 1.54) is 12.1 Å². The molecule has 1 heterocycles. The first-order valence-electron chi connectivity index (χ1n) is 5.81. The minimum atomic E-state index is -3.79. The van der Waals surface area contributed by atoms with Crippen molar-refractivity contribution < 1.29 is 18.3 Å². The van der Waals surface area contributed by atoms with Crippen LogP contribution in [-0.2, 0) is 16.6 Å². The number of sulfonamides is 1. The third-order valence-electron chi connectivity index (χ3n) is 2.67. The van der Waals surface area contributed by atoms with Gasteiger partial charge in [-0.15, -0.1) is 0 Å². The largest absolute Gasteiger partial charge is 0.478 e. The second-order valence-corrected chi connectivity index (χ2v) is 6.75. The Hall–Kier alpha value is -1.77. The van der Waals surface area contributed by atoms with Crippen LogP contribution in [0.1, 0.15) is 15.9 Å². The molecule has 110 valence electrons. The smallest absolute Gasteiger partial charge is 0.336 e. The zero-order chi connectivity index (χ0) is 15.5. The lowest BCUT2D eigenvalue weighted by Gasteiger charge is -2.08. The van der Waals surface area contributed by atoms with Crippen molar-refractivity contribution in [3.8, 4) is 0 Å². The Morgan fingerprint density at radius 1 is 1.33 bits per heavy atom. The van der Waals surface area contributed by atoms with Gasteiger partial charge in [0.1, 0.15) is 0 Å². The normalized spacial score (nSPS) is 11.3. The number of aromatic nitrogens is 1. The number of rotatable bonds is 5. The molecule has 0 aliphatic heterocycles. The Morgan fingerprint density at radius 2 is 2.10 bits per heavy atom. The Balaban J connectivity index is 2.24. The number of nitrogens with one attached hydrogen (secondary N) is 1. The van der Waals surface area contributed by atoms with E-state index in [-0.39, 0.29) is 17.0 Å². The van der Waals surface area contributed by atoms with Crippen LogP contribution in [0.2, 0.25) is 0 Å². The van der Waals surface area contributed by atoms with Crippen LogP contribution >= 0.6 is 15.9 Å². The maximum absolute atomic E-state index is 12.2. The van der Waals surface area contributed by atoms with Crippen LogP contribution < -0.4 is 4.72 Å². The van der Waals surface area contributed by atoms with Crippen molar-refractivity contribution in [3.63, 3.8) is 0 Å². The van der Waals surface area contributed by atoms with Gasteiger partial charge in [0.25, 0.3) is 0 Å². The van der Waals surface area contributed by atoms with E-state index in [9.17, 15) is 13.2 Å². The SMILES string of the molecule is O=C(O)c1cc(S(=O)(=O)NCc2cccnc2)ccc1Br. The van der Waals surface area contributed by atoms with Gasteiger partial charge in [-0.1, -0.05) is 6.07 Å². The molecule has 0 aliphatic rings. The first-order chi connectivity index (χ1) is 9.90. The summed E-state index contributed by atoms with van der Waals surface area (Å²) < 4.78 is 27.0. The van der Waals surface area contributed by atoms with E-state index in [2.05, 4.69) is 25.6 Å². The Bertz CT molecular complexity index is 763. The van der Waals surface area contributed by atoms with E-state index in [4.69, 9.17) is 5.11 Å². The number of halogens is 1. The standard InChI is InChI=1S/C13H11BrN2O4S/c14-12-4-3-10(6-11(12)13(17)18)21(19,20)16-8-9-2-1-5-15-7-9/h1-7,16H,8H2,(H,17,18). The fourth-order valence-electron chi connectivity index (χ4n) is 1.60. The maximum atomic E-state index is 12.2. The van der Waals surface area contributed by atoms with E-state index in [1.807, 2.05) is 0 Å². The molecule has 0 spiro atoms. The first kappa shape index (κ1) is 15.6. The summed E-state index contributed by atoms with van der Waals surface area (Å²) in [5.74, 6) is -1.20. The van der Waals surface area contributed by atoms with Crippen LogP contribution in [0.3, 0.4) is 0 Å². The Kier molecular flexibility index (Phi) is 4.71. The molecule has 0 saturated carbocycles. The highest BCUT2D eigenvalue weighted by Crippen LogP contribution is 2.21. The lowest BCUT2D eigenvalue weighted by Crippen LogP contribution is -2.23. The minimum absolute atomic E-state index is 0.0780. The van der Waals surface area contributed by atoms with Crippen molar-refractivity contribution in [2.75, 3.05) is 0 Å². The van der Waals surface area contributed by atoms with Gasteiger partial charge in [0.15, 0.2) is 0 Å². The van der Waals surface area contributed by atoms with Gasteiger partial charge < -0.3 is 5.11 Å². The fraction of sp³-hybridized carbons (Fsp3) is 0.0769. The van der Waals surface area contributed by atoms with Crippen LogP contribution in [0.15, 0.2) is 52.1 Å². The number of benzene rings is 1. The van der Waals surface area contributed by atoms with Crippen LogP contribution in [-0.4, -0.2) is 24.5 Å². The van der Waals surface area contributed by atoms with Gasteiger partial charge in [-0.3, -0.25) is 4.98 Å². The molecular formula is C13H11BrN2O4S. The number of carboxylic acids is 1. The highest BCUT2D eigenvalue weighted by molar-refractivity contribution is 9.10. The number of aromatic carboxylic acids is 1. The van der Waals surface area contributed by atoms with Crippen molar-refractivity contribution in [1.29, 1.82) is 0 Å². The minimum Gasteiger partial charge on any atom is -0.478 e. The Morgan fingerprint density at radius 3 is 2.71 bits per heavy atom. The highest BCUT2D eigenvalue weighted by atomic mass is 79.9. The van der Waals surface area contributed by atoms with Crippen LogP contribution in [0, 0.1) is 0 Å². The van der Waals surface area contributed by atoms with E-state index in [1.54, 1.807) is 24.5 Å². The molecule has 0 saturated heterocycles. The lowest BCUT2D eigenvalue weighted by molar-refractivity contribution is 0.0695. The second kappa shape index (κ2) is 6.33. The lowest BCUT2D eigenvalue weighted by atomic mass is 10.2. The topological polar surface area (TPSA) is 96.4 Å². The molecule has 2 aromatic rings. The quantitative estimate of drug-likeness (QED) is 0.838. The molecule has 0 atom stereocenters. The number of carboxylic acid groups (broad SMARTS) is 1. The summed E-state index contributed by atoms with van der Waals surface area (Å²) in [6.45, 7) is 0.0780. The monoisotopic (exact) mass is 370 g/mol. The van der Waals surface area contributed by atoms with Crippen molar-refractivity contribution in [2.45, 2.75) is 11.4 Å². The Labute approximate surface area is 130 Å².